The maximum Gasteiger partial charge on any atom is 0.244 e. The summed E-state index contributed by atoms with van der Waals surface area (Å²) in [5.41, 5.74) is 5.67. The predicted octanol–water partition coefficient (Wildman–Crippen LogP) is 2.50. The van der Waals surface area contributed by atoms with Crippen molar-refractivity contribution in [3.8, 4) is 5.75 Å². The van der Waals surface area contributed by atoms with E-state index in [4.69, 9.17) is 10.5 Å². The molecule has 0 radical (unpaired) electrons. The molecule has 0 saturated heterocycles. The van der Waals surface area contributed by atoms with Crippen LogP contribution in [0.2, 0.25) is 0 Å². The molecule has 3 N–H and O–H groups in total. The summed E-state index contributed by atoms with van der Waals surface area (Å²) < 4.78 is 33.9. The molecule has 0 fully saturated rings. The van der Waals surface area contributed by atoms with Crippen molar-refractivity contribution < 1.29 is 13.2 Å². The number of hydrogen-bond donors (Lipinski definition) is 2. The van der Waals surface area contributed by atoms with E-state index in [1.807, 2.05) is 20.8 Å². The smallest absolute Gasteiger partial charge is 0.244 e. The lowest BCUT2D eigenvalue weighted by Gasteiger charge is -2.20. The van der Waals surface area contributed by atoms with E-state index in [0.717, 1.165) is 0 Å². The molecule has 120 valence electrons. The van der Waals surface area contributed by atoms with Crippen LogP contribution >= 0.6 is 15.9 Å². The van der Waals surface area contributed by atoms with E-state index in [9.17, 15) is 8.42 Å². The maximum atomic E-state index is 12.6. The molecule has 0 aliphatic heterocycles. The van der Waals surface area contributed by atoms with Crippen molar-refractivity contribution in [2.45, 2.75) is 38.1 Å². The number of sulfonamides is 1. The van der Waals surface area contributed by atoms with Crippen molar-refractivity contribution in [3.05, 3.63) is 22.7 Å². The van der Waals surface area contributed by atoms with Crippen LogP contribution in [0.3, 0.4) is 0 Å². The molecule has 21 heavy (non-hydrogen) atoms. The Morgan fingerprint density at radius 3 is 2.57 bits per heavy atom. The molecule has 0 bridgehead atoms. The average molecular weight is 379 g/mol. The minimum absolute atomic E-state index is 0.126. The number of rotatable bonds is 8. The zero-order valence-corrected chi connectivity index (χ0v) is 15.0. The standard InChI is InChI=1S/C14H23BrN2O3S/c1-4-20-13-6-5-11(15)8-14(13)21(18,19)17-12(9-16)7-10(2)3/h5-6,8,10,12,17H,4,7,9,16H2,1-3H3. The largest absolute Gasteiger partial charge is 0.492 e. The monoisotopic (exact) mass is 378 g/mol. The Hall–Kier alpha value is -0.630. The minimum Gasteiger partial charge on any atom is -0.492 e. The molecule has 0 spiro atoms. The van der Waals surface area contributed by atoms with Gasteiger partial charge in [0.15, 0.2) is 0 Å². The van der Waals surface area contributed by atoms with Crippen molar-refractivity contribution >= 4 is 26.0 Å². The highest BCUT2D eigenvalue weighted by atomic mass is 79.9. The summed E-state index contributed by atoms with van der Waals surface area (Å²) in [6, 6.07) is 4.64. The zero-order chi connectivity index (χ0) is 16.0. The second-order valence-corrected chi connectivity index (χ2v) is 7.81. The van der Waals surface area contributed by atoms with Crippen LogP contribution in [-0.2, 0) is 10.0 Å². The van der Waals surface area contributed by atoms with Crippen LogP contribution in [0.4, 0.5) is 0 Å². The van der Waals surface area contributed by atoms with Gasteiger partial charge in [-0.1, -0.05) is 29.8 Å². The van der Waals surface area contributed by atoms with E-state index in [2.05, 4.69) is 20.7 Å². The molecule has 1 unspecified atom stereocenters. The lowest BCUT2D eigenvalue weighted by molar-refractivity contribution is 0.330. The Bertz CT molecular complexity index is 561. The van der Waals surface area contributed by atoms with E-state index < -0.39 is 10.0 Å². The number of benzene rings is 1. The molecule has 1 rings (SSSR count). The molecular weight excluding hydrogens is 356 g/mol. The third-order valence-corrected chi connectivity index (χ3v) is 4.89. The Balaban J connectivity index is 3.08. The summed E-state index contributed by atoms with van der Waals surface area (Å²) in [6.45, 7) is 6.53. The van der Waals surface area contributed by atoms with Gasteiger partial charge in [-0.3, -0.25) is 0 Å². The van der Waals surface area contributed by atoms with Gasteiger partial charge in [-0.2, -0.15) is 0 Å². The van der Waals surface area contributed by atoms with Gasteiger partial charge in [0.05, 0.1) is 6.61 Å². The summed E-state index contributed by atoms with van der Waals surface area (Å²) >= 11 is 3.29. The number of nitrogens with one attached hydrogen (secondary N) is 1. The van der Waals surface area contributed by atoms with Crippen molar-refractivity contribution in [1.29, 1.82) is 0 Å². The summed E-state index contributed by atoms with van der Waals surface area (Å²) in [5, 5.41) is 0. The van der Waals surface area contributed by atoms with Gasteiger partial charge in [0, 0.05) is 17.1 Å². The van der Waals surface area contributed by atoms with Crippen LogP contribution in [0, 0.1) is 5.92 Å². The Morgan fingerprint density at radius 1 is 1.38 bits per heavy atom. The van der Waals surface area contributed by atoms with Crippen LogP contribution in [-0.4, -0.2) is 27.6 Å². The molecule has 0 amide bonds. The molecule has 5 nitrogen and oxygen atoms in total. The lowest BCUT2D eigenvalue weighted by atomic mass is 10.1. The molecule has 7 heteroatoms. The van der Waals surface area contributed by atoms with Crippen molar-refractivity contribution in [2.75, 3.05) is 13.2 Å². The van der Waals surface area contributed by atoms with Crippen LogP contribution in [0.15, 0.2) is 27.6 Å². The molecule has 0 saturated carbocycles. The summed E-state index contributed by atoms with van der Waals surface area (Å²) in [5.74, 6) is 0.698. The normalized spacial score (nSPS) is 13.4. The van der Waals surface area contributed by atoms with Crippen molar-refractivity contribution in [2.24, 2.45) is 11.7 Å². The summed E-state index contributed by atoms with van der Waals surface area (Å²) in [7, 11) is -3.68. The van der Waals surface area contributed by atoms with Gasteiger partial charge in [0.2, 0.25) is 10.0 Å². The fourth-order valence-electron chi connectivity index (χ4n) is 2.01. The van der Waals surface area contributed by atoms with Gasteiger partial charge in [-0.05, 0) is 37.5 Å². The minimum atomic E-state index is -3.68. The van der Waals surface area contributed by atoms with Gasteiger partial charge in [-0.25, -0.2) is 13.1 Å². The summed E-state index contributed by atoms with van der Waals surface area (Å²) in [6.07, 6.45) is 0.688. The van der Waals surface area contributed by atoms with Crippen LogP contribution in [0.5, 0.6) is 5.75 Å². The van der Waals surface area contributed by atoms with Gasteiger partial charge < -0.3 is 10.5 Å². The van der Waals surface area contributed by atoms with Crippen LogP contribution in [0.25, 0.3) is 0 Å². The highest BCUT2D eigenvalue weighted by Crippen LogP contribution is 2.27. The van der Waals surface area contributed by atoms with Gasteiger partial charge in [0.1, 0.15) is 10.6 Å². The summed E-state index contributed by atoms with van der Waals surface area (Å²) in [4.78, 5) is 0.126. The van der Waals surface area contributed by atoms with E-state index in [-0.39, 0.29) is 17.5 Å². The Labute approximate surface area is 135 Å². The maximum absolute atomic E-state index is 12.6. The molecule has 1 aromatic rings. The Morgan fingerprint density at radius 2 is 2.05 bits per heavy atom. The van der Waals surface area contributed by atoms with E-state index in [0.29, 0.717) is 29.2 Å². The predicted molar refractivity (Wildman–Crippen MR) is 87.9 cm³/mol. The van der Waals surface area contributed by atoms with Gasteiger partial charge in [0.25, 0.3) is 0 Å². The number of ether oxygens (including phenoxy) is 1. The third kappa shape index (κ3) is 5.58. The lowest BCUT2D eigenvalue weighted by Crippen LogP contribution is -2.41. The van der Waals surface area contributed by atoms with E-state index in [1.165, 1.54) is 6.07 Å². The SMILES string of the molecule is CCOc1ccc(Br)cc1S(=O)(=O)NC(CN)CC(C)C. The zero-order valence-electron chi connectivity index (χ0n) is 12.6. The van der Waals surface area contributed by atoms with Crippen LogP contribution < -0.4 is 15.2 Å². The molecule has 0 aromatic heterocycles. The number of nitrogens with two attached hydrogens (primary N) is 1. The quantitative estimate of drug-likeness (QED) is 0.727. The van der Waals surface area contributed by atoms with E-state index >= 15 is 0 Å². The van der Waals surface area contributed by atoms with Crippen molar-refractivity contribution in [3.63, 3.8) is 0 Å². The topological polar surface area (TPSA) is 81.4 Å². The average Bonchev–Trinajstić information content (AvgIpc) is 2.39. The molecular formula is C14H23BrN2O3S. The van der Waals surface area contributed by atoms with E-state index in [1.54, 1.807) is 12.1 Å². The first-order chi connectivity index (χ1) is 9.80. The van der Waals surface area contributed by atoms with Gasteiger partial charge in [-0.15, -0.1) is 0 Å². The molecule has 0 aliphatic rings. The first kappa shape index (κ1) is 18.4. The fraction of sp³-hybridized carbons (Fsp3) is 0.571. The molecule has 0 aliphatic carbocycles. The number of halogens is 1. The highest BCUT2D eigenvalue weighted by Gasteiger charge is 2.24. The fourth-order valence-corrected chi connectivity index (χ4v) is 3.96. The second kappa shape index (κ2) is 8.12. The molecule has 0 heterocycles. The molecule has 1 aromatic carbocycles. The second-order valence-electron chi connectivity index (χ2n) is 5.21. The van der Waals surface area contributed by atoms with Crippen molar-refractivity contribution in [1.82, 2.24) is 4.72 Å². The highest BCUT2D eigenvalue weighted by molar-refractivity contribution is 9.10. The Kier molecular flexibility index (Phi) is 7.12. The van der Waals surface area contributed by atoms with Crippen LogP contribution in [0.1, 0.15) is 27.2 Å². The number of hydrogen-bond acceptors (Lipinski definition) is 4. The first-order valence-corrected chi connectivity index (χ1v) is 9.22. The first-order valence-electron chi connectivity index (χ1n) is 6.94. The molecule has 1 atom stereocenters. The third-order valence-electron chi connectivity index (χ3n) is 2.86. The van der Waals surface area contributed by atoms with Gasteiger partial charge >= 0.3 is 0 Å².